The molecule has 0 bridgehead atoms. The minimum atomic E-state index is -0.834. The van der Waals surface area contributed by atoms with E-state index in [1.54, 1.807) is 0 Å². The van der Waals surface area contributed by atoms with Gasteiger partial charge in [-0.2, -0.15) is 0 Å². The van der Waals surface area contributed by atoms with Gasteiger partial charge in [-0.05, 0) is 39.8 Å². The molecule has 0 radical (unpaired) electrons. The Morgan fingerprint density at radius 2 is 1.31 bits per heavy atom. The Morgan fingerprint density at radius 3 is 1.62 bits per heavy atom. The fourth-order valence-corrected chi connectivity index (χ4v) is 5.59. The quantitative estimate of drug-likeness (QED) is 0.601. The van der Waals surface area contributed by atoms with E-state index < -0.39 is 7.26 Å². The van der Waals surface area contributed by atoms with E-state index in [-0.39, 0.29) is 0 Å². The summed E-state index contributed by atoms with van der Waals surface area (Å²) in [7, 11) is -0.834. The summed E-state index contributed by atoms with van der Waals surface area (Å²) in [5, 5.41) is 0. The van der Waals surface area contributed by atoms with Gasteiger partial charge >= 0.3 is 0 Å². The fraction of sp³-hybridized carbons (Fsp3) is 0.667. The third-order valence-electron chi connectivity index (χ3n) is 3.60. The van der Waals surface area contributed by atoms with E-state index in [0.29, 0.717) is 0 Å². The molecule has 74 valence electrons. The van der Waals surface area contributed by atoms with Crippen LogP contribution in [0.25, 0.3) is 0 Å². The van der Waals surface area contributed by atoms with Crippen LogP contribution >= 0.6 is 7.26 Å². The van der Waals surface area contributed by atoms with E-state index >= 15 is 0 Å². The average Bonchev–Trinajstić information content (AvgIpc) is 2.54. The van der Waals surface area contributed by atoms with Gasteiger partial charge in [0.2, 0.25) is 0 Å². The monoisotopic (exact) mass is 197 g/mol. The van der Waals surface area contributed by atoms with Crippen molar-refractivity contribution in [2.24, 2.45) is 0 Å². The van der Waals surface area contributed by atoms with Crippen molar-refractivity contribution in [3.05, 3.63) is 24.3 Å². The van der Waals surface area contributed by atoms with Gasteiger partial charge in [0.05, 0.1) is 18.0 Å². The van der Waals surface area contributed by atoms with Gasteiger partial charge in [-0.1, -0.05) is 12.2 Å². The Balaban J connectivity index is 2.90. The lowest BCUT2D eigenvalue weighted by Crippen LogP contribution is -2.22. The fourth-order valence-electron chi connectivity index (χ4n) is 2.08. The molecular weight excluding hydrogens is 175 g/mol. The van der Waals surface area contributed by atoms with Crippen LogP contribution in [0.4, 0.5) is 0 Å². The van der Waals surface area contributed by atoms with E-state index in [0.717, 1.165) is 17.0 Å². The first-order valence-electron chi connectivity index (χ1n) is 5.20. The zero-order valence-electron chi connectivity index (χ0n) is 9.49. The van der Waals surface area contributed by atoms with Crippen LogP contribution in [0.5, 0.6) is 0 Å². The Bertz CT molecular complexity index is 203. The maximum absolute atomic E-state index is 2.52. The Morgan fingerprint density at radius 1 is 0.923 bits per heavy atom. The van der Waals surface area contributed by atoms with Crippen LogP contribution in [-0.4, -0.2) is 23.6 Å². The largest absolute Gasteiger partial charge is 0.106 e. The van der Waals surface area contributed by atoms with Crippen molar-refractivity contribution >= 4 is 7.26 Å². The van der Waals surface area contributed by atoms with Crippen LogP contribution in [0.3, 0.4) is 0 Å². The molecule has 0 saturated carbocycles. The summed E-state index contributed by atoms with van der Waals surface area (Å²) < 4.78 is 0. The highest BCUT2D eigenvalue weighted by molar-refractivity contribution is 7.77. The van der Waals surface area contributed by atoms with Crippen LogP contribution in [0.15, 0.2) is 24.3 Å². The average molecular weight is 197 g/mol. The predicted octanol–water partition coefficient (Wildman–Crippen LogP) is 3.95. The molecule has 0 aromatic heterocycles. The molecule has 1 aliphatic carbocycles. The lowest BCUT2D eigenvalue weighted by molar-refractivity contribution is 0.968. The Labute approximate surface area is 83.5 Å². The van der Waals surface area contributed by atoms with Crippen molar-refractivity contribution in [1.29, 1.82) is 0 Å². The van der Waals surface area contributed by atoms with E-state index in [1.165, 1.54) is 0 Å². The van der Waals surface area contributed by atoms with Crippen LogP contribution < -0.4 is 0 Å². The normalized spacial score (nSPS) is 18.1. The maximum atomic E-state index is 2.52. The SMILES string of the molecule is CC(C)[P+](C)(C(C)C)C1C=CC=C1. The van der Waals surface area contributed by atoms with Crippen molar-refractivity contribution < 1.29 is 0 Å². The van der Waals surface area contributed by atoms with Crippen molar-refractivity contribution in [3.63, 3.8) is 0 Å². The molecule has 0 aromatic rings. The molecular formula is C12H22P+. The van der Waals surface area contributed by atoms with Crippen LogP contribution in [-0.2, 0) is 0 Å². The molecule has 0 spiro atoms. The molecule has 0 aromatic carbocycles. The van der Waals surface area contributed by atoms with Crippen LogP contribution in [0.2, 0.25) is 0 Å². The van der Waals surface area contributed by atoms with Gasteiger partial charge in [0, 0.05) is 7.26 Å². The first-order chi connectivity index (χ1) is 5.99. The summed E-state index contributed by atoms with van der Waals surface area (Å²) >= 11 is 0. The van der Waals surface area contributed by atoms with Crippen molar-refractivity contribution in [2.75, 3.05) is 6.66 Å². The van der Waals surface area contributed by atoms with Crippen LogP contribution in [0, 0.1) is 0 Å². The van der Waals surface area contributed by atoms with Gasteiger partial charge in [0.25, 0.3) is 0 Å². The summed E-state index contributed by atoms with van der Waals surface area (Å²) in [4.78, 5) is 0. The molecule has 0 amide bonds. The lowest BCUT2D eigenvalue weighted by atomic mass is 10.5. The predicted molar refractivity (Wildman–Crippen MR) is 65.2 cm³/mol. The molecule has 0 N–H and O–H groups in total. The highest BCUT2D eigenvalue weighted by atomic mass is 31.2. The van der Waals surface area contributed by atoms with Crippen molar-refractivity contribution in [3.8, 4) is 0 Å². The number of hydrogen-bond acceptors (Lipinski definition) is 0. The van der Waals surface area contributed by atoms with E-state index in [1.807, 2.05) is 0 Å². The second kappa shape index (κ2) is 3.96. The molecule has 1 heteroatoms. The molecule has 0 fully saturated rings. The molecule has 0 unspecified atom stereocenters. The van der Waals surface area contributed by atoms with Gasteiger partial charge in [-0.25, -0.2) is 0 Å². The third-order valence-corrected chi connectivity index (χ3v) is 9.68. The summed E-state index contributed by atoms with van der Waals surface area (Å²) in [5.41, 5.74) is 2.42. The second-order valence-electron chi connectivity index (χ2n) is 4.67. The second-order valence-corrected chi connectivity index (χ2v) is 9.78. The van der Waals surface area contributed by atoms with E-state index in [9.17, 15) is 0 Å². The van der Waals surface area contributed by atoms with E-state index in [2.05, 4.69) is 58.7 Å². The zero-order chi connectivity index (χ0) is 10.1. The van der Waals surface area contributed by atoms with Gasteiger partial charge in [0.1, 0.15) is 5.66 Å². The molecule has 13 heavy (non-hydrogen) atoms. The van der Waals surface area contributed by atoms with Gasteiger partial charge in [-0.3, -0.25) is 0 Å². The van der Waals surface area contributed by atoms with Gasteiger partial charge < -0.3 is 0 Å². The lowest BCUT2D eigenvalue weighted by Gasteiger charge is -2.34. The summed E-state index contributed by atoms with van der Waals surface area (Å²) in [6.07, 6.45) is 9.17. The summed E-state index contributed by atoms with van der Waals surface area (Å²) in [6, 6.07) is 0. The first kappa shape index (κ1) is 11.0. The molecule has 0 aliphatic heterocycles. The van der Waals surface area contributed by atoms with Crippen LogP contribution in [0.1, 0.15) is 27.7 Å². The highest BCUT2D eigenvalue weighted by Crippen LogP contribution is 2.68. The highest BCUT2D eigenvalue weighted by Gasteiger charge is 2.45. The van der Waals surface area contributed by atoms with Gasteiger partial charge in [-0.15, -0.1) is 0 Å². The molecule has 0 nitrogen and oxygen atoms in total. The third kappa shape index (κ3) is 1.89. The number of rotatable bonds is 3. The first-order valence-corrected chi connectivity index (χ1v) is 7.64. The minimum Gasteiger partial charge on any atom is -0.0622 e. The Hall–Kier alpha value is -0.0900. The molecule has 0 atom stereocenters. The summed E-state index contributed by atoms with van der Waals surface area (Å²) in [6.45, 7) is 12.1. The van der Waals surface area contributed by atoms with Crippen molar-refractivity contribution in [2.45, 2.75) is 44.7 Å². The molecule has 0 saturated heterocycles. The van der Waals surface area contributed by atoms with Crippen molar-refractivity contribution in [1.82, 2.24) is 0 Å². The Kier molecular flexibility index (Phi) is 3.35. The number of allylic oxidation sites excluding steroid dienone is 4. The minimum absolute atomic E-state index is 0.743. The number of hydrogen-bond donors (Lipinski definition) is 0. The molecule has 0 heterocycles. The topological polar surface area (TPSA) is 0 Å². The van der Waals surface area contributed by atoms with Gasteiger partial charge in [0.15, 0.2) is 0 Å². The van der Waals surface area contributed by atoms with E-state index in [4.69, 9.17) is 0 Å². The maximum Gasteiger partial charge on any atom is 0.106 e. The standard InChI is InChI=1S/C12H22P/c1-10(2)13(5,11(3)4)12-8-6-7-9-12/h6-12H,1-5H3/q+1. The zero-order valence-corrected chi connectivity index (χ0v) is 10.4. The molecule has 1 rings (SSSR count). The summed E-state index contributed by atoms with van der Waals surface area (Å²) in [5.74, 6) is 0. The smallest absolute Gasteiger partial charge is 0.0622 e. The molecule has 1 aliphatic rings.